The number of hydrogen-bond donors (Lipinski definition) is 1. The molecule has 0 bridgehead atoms. The summed E-state index contributed by atoms with van der Waals surface area (Å²) in [4.78, 5) is 63.0. The van der Waals surface area contributed by atoms with Crippen LogP contribution in [0.15, 0.2) is 83.9 Å². The third kappa shape index (κ3) is 8.91. The summed E-state index contributed by atoms with van der Waals surface area (Å²) in [6, 6.07) is 17.2. The van der Waals surface area contributed by atoms with Gasteiger partial charge in [-0.1, -0.05) is 30.3 Å². The minimum Gasteiger partial charge on any atom is -0.375 e. The Kier molecular flexibility index (Phi) is 11.8. The van der Waals surface area contributed by atoms with Crippen LogP contribution in [0.25, 0.3) is 21.9 Å². The standard InChI is InChI=1S/C44H44F3N7O5/c45-36-8-7-28(23-39-33-5-1-2-6-34(33)42(56)50-49-39)22-35(36)43(57)54-20-18-52(19-21-54)40(55)27-51-14-9-31(10-15-51)59-32-11-16-53(17-12-32)44(58)41-37(46)24-30(25-38(41)47)29-4-3-13-48-26-29/h1-8,13,22,24-26,31-32H,9-12,14-21,23,27H2,(H,50,56). The third-order valence-electron chi connectivity index (χ3n) is 11.6. The number of halogens is 3. The molecule has 3 aliphatic heterocycles. The zero-order chi connectivity index (χ0) is 41.0. The highest BCUT2D eigenvalue weighted by atomic mass is 19.1. The molecule has 12 nitrogen and oxygen atoms in total. The summed E-state index contributed by atoms with van der Waals surface area (Å²) in [5.74, 6) is -3.58. The van der Waals surface area contributed by atoms with Gasteiger partial charge in [0, 0.05) is 82.1 Å². The van der Waals surface area contributed by atoms with E-state index in [0.29, 0.717) is 91.7 Å². The van der Waals surface area contributed by atoms with Crippen molar-refractivity contribution in [1.82, 2.24) is 34.8 Å². The number of piperidine rings is 2. The fourth-order valence-corrected chi connectivity index (χ4v) is 8.27. The van der Waals surface area contributed by atoms with E-state index in [9.17, 15) is 23.6 Å². The fraction of sp³-hybridized carbons (Fsp3) is 0.364. The van der Waals surface area contributed by atoms with Gasteiger partial charge in [0.25, 0.3) is 17.4 Å². The number of nitrogens with one attached hydrogen (secondary N) is 1. The Labute approximate surface area is 338 Å². The van der Waals surface area contributed by atoms with Crippen LogP contribution in [-0.2, 0) is 16.0 Å². The van der Waals surface area contributed by atoms with Gasteiger partial charge in [0.05, 0.1) is 35.4 Å². The smallest absolute Gasteiger partial charge is 0.272 e. The lowest BCUT2D eigenvalue weighted by molar-refractivity contribution is -0.135. The number of carbonyl (C=O) groups is 3. The quantitative estimate of drug-likeness (QED) is 0.219. The number of ether oxygens (including phenoxy) is 1. The molecular weight excluding hydrogens is 764 g/mol. The number of aromatic nitrogens is 3. The normalized spacial score (nSPS) is 17.1. The molecule has 0 aliphatic carbocycles. The molecule has 0 unspecified atom stereocenters. The van der Waals surface area contributed by atoms with Crippen LogP contribution in [0.2, 0.25) is 0 Å². The first-order valence-corrected chi connectivity index (χ1v) is 20.0. The minimum absolute atomic E-state index is 0.00398. The number of fused-ring (bicyclic) bond motifs is 1. The number of piperazine rings is 1. The summed E-state index contributed by atoms with van der Waals surface area (Å²) in [5.41, 5.74) is 1.25. The van der Waals surface area contributed by atoms with Crippen LogP contribution in [0.3, 0.4) is 0 Å². The Morgan fingerprint density at radius 2 is 1.34 bits per heavy atom. The SMILES string of the molecule is O=C(CN1CCC(OC2CCN(C(=O)c3c(F)cc(-c4cccnc4)cc3F)CC2)CC1)N1CCN(C(=O)c2cc(Cc3n[nH]c(=O)c4ccccc34)ccc2F)CC1. The molecule has 3 aliphatic rings. The maximum absolute atomic E-state index is 15.0. The third-order valence-corrected chi connectivity index (χ3v) is 11.6. The van der Waals surface area contributed by atoms with Gasteiger partial charge in [-0.25, -0.2) is 18.3 Å². The molecule has 3 aromatic carbocycles. The number of carbonyl (C=O) groups excluding carboxylic acids is 3. The molecule has 0 saturated carbocycles. The van der Waals surface area contributed by atoms with Gasteiger partial charge in [0.1, 0.15) is 23.0 Å². The Morgan fingerprint density at radius 3 is 2.02 bits per heavy atom. The number of benzene rings is 3. The first kappa shape index (κ1) is 39.9. The predicted molar refractivity (Wildman–Crippen MR) is 213 cm³/mol. The van der Waals surface area contributed by atoms with Crippen LogP contribution in [0.1, 0.15) is 57.7 Å². The minimum atomic E-state index is -0.905. The van der Waals surface area contributed by atoms with Gasteiger partial charge in [-0.3, -0.25) is 29.1 Å². The van der Waals surface area contributed by atoms with Crippen molar-refractivity contribution >= 4 is 28.5 Å². The van der Waals surface area contributed by atoms with E-state index in [1.54, 1.807) is 46.3 Å². The number of nitrogens with zero attached hydrogens (tertiary/aromatic N) is 6. The molecule has 2 aromatic heterocycles. The number of aromatic amines is 1. The van der Waals surface area contributed by atoms with Crippen molar-refractivity contribution in [3.63, 3.8) is 0 Å². The highest BCUT2D eigenvalue weighted by Gasteiger charge is 2.32. The van der Waals surface area contributed by atoms with Gasteiger partial charge >= 0.3 is 0 Å². The van der Waals surface area contributed by atoms with Crippen LogP contribution < -0.4 is 5.56 Å². The second kappa shape index (κ2) is 17.5. The average Bonchev–Trinajstić information content (AvgIpc) is 3.26. The Balaban J connectivity index is 0.765. The number of amides is 3. The van der Waals surface area contributed by atoms with E-state index in [4.69, 9.17) is 4.74 Å². The van der Waals surface area contributed by atoms with E-state index < -0.39 is 34.8 Å². The number of pyridine rings is 1. The molecule has 1 N–H and O–H groups in total. The van der Waals surface area contributed by atoms with E-state index in [2.05, 4.69) is 20.1 Å². The van der Waals surface area contributed by atoms with Gasteiger partial charge in [-0.2, -0.15) is 5.10 Å². The van der Waals surface area contributed by atoms with E-state index in [0.717, 1.165) is 25.0 Å². The summed E-state index contributed by atoms with van der Waals surface area (Å²) in [6.45, 7) is 3.51. The maximum atomic E-state index is 15.0. The number of likely N-dealkylation sites (tertiary alicyclic amines) is 2. The number of hydrogen-bond acceptors (Lipinski definition) is 8. The van der Waals surface area contributed by atoms with Gasteiger partial charge in [0.15, 0.2) is 0 Å². The Hall–Kier alpha value is -5.93. The zero-order valence-electron chi connectivity index (χ0n) is 32.4. The molecule has 5 heterocycles. The largest absolute Gasteiger partial charge is 0.375 e. The molecule has 3 amide bonds. The van der Waals surface area contributed by atoms with E-state index >= 15 is 8.78 Å². The summed E-state index contributed by atoms with van der Waals surface area (Å²) in [7, 11) is 0. The molecule has 8 rings (SSSR count). The zero-order valence-corrected chi connectivity index (χ0v) is 32.4. The van der Waals surface area contributed by atoms with Gasteiger partial charge in [-0.05, 0) is 73.2 Å². The maximum Gasteiger partial charge on any atom is 0.272 e. The predicted octanol–water partition coefficient (Wildman–Crippen LogP) is 5.06. The number of H-pyrrole nitrogens is 1. The van der Waals surface area contributed by atoms with Crippen molar-refractivity contribution < 1.29 is 32.3 Å². The summed E-state index contributed by atoms with van der Waals surface area (Å²) < 4.78 is 51.4. The molecular formula is C44H44F3N7O5. The van der Waals surface area contributed by atoms with Gasteiger partial charge < -0.3 is 19.4 Å². The van der Waals surface area contributed by atoms with Crippen molar-refractivity contribution in [1.29, 1.82) is 0 Å². The molecule has 3 saturated heterocycles. The Morgan fingerprint density at radius 1 is 0.695 bits per heavy atom. The van der Waals surface area contributed by atoms with Gasteiger partial charge in [0.2, 0.25) is 5.91 Å². The fourth-order valence-electron chi connectivity index (χ4n) is 8.27. The summed E-state index contributed by atoms with van der Waals surface area (Å²) >= 11 is 0. The van der Waals surface area contributed by atoms with Crippen molar-refractivity contribution in [3.05, 3.63) is 129 Å². The van der Waals surface area contributed by atoms with Crippen LogP contribution >= 0.6 is 0 Å². The lowest BCUT2D eigenvalue weighted by atomic mass is 10.0. The lowest BCUT2D eigenvalue weighted by Crippen LogP contribution is -2.53. The van der Waals surface area contributed by atoms with Crippen molar-refractivity contribution in [2.75, 3.05) is 58.9 Å². The average molecular weight is 808 g/mol. The molecule has 0 atom stereocenters. The lowest BCUT2D eigenvalue weighted by Gasteiger charge is -2.38. The monoisotopic (exact) mass is 807 g/mol. The van der Waals surface area contributed by atoms with Crippen LogP contribution in [0.4, 0.5) is 13.2 Å². The van der Waals surface area contributed by atoms with Crippen LogP contribution in [0, 0.1) is 17.5 Å². The second-order valence-electron chi connectivity index (χ2n) is 15.4. The van der Waals surface area contributed by atoms with E-state index in [-0.39, 0.29) is 48.9 Å². The molecule has 59 heavy (non-hydrogen) atoms. The molecule has 0 spiro atoms. The van der Waals surface area contributed by atoms with E-state index in [1.165, 1.54) is 23.2 Å². The highest BCUT2D eigenvalue weighted by molar-refractivity contribution is 5.96. The summed E-state index contributed by atoms with van der Waals surface area (Å²) in [5, 5.41) is 7.91. The van der Waals surface area contributed by atoms with Crippen LogP contribution in [0.5, 0.6) is 0 Å². The van der Waals surface area contributed by atoms with Crippen molar-refractivity contribution in [2.24, 2.45) is 0 Å². The second-order valence-corrected chi connectivity index (χ2v) is 15.4. The molecule has 306 valence electrons. The number of rotatable bonds is 9. The van der Waals surface area contributed by atoms with Gasteiger partial charge in [-0.15, -0.1) is 0 Å². The highest BCUT2D eigenvalue weighted by Crippen LogP contribution is 2.28. The first-order valence-electron chi connectivity index (χ1n) is 20.0. The summed E-state index contributed by atoms with van der Waals surface area (Å²) in [6.07, 6.45) is 5.89. The van der Waals surface area contributed by atoms with Crippen molar-refractivity contribution in [2.45, 2.75) is 44.3 Å². The van der Waals surface area contributed by atoms with Crippen molar-refractivity contribution in [3.8, 4) is 11.1 Å². The topological polar surface area (TPSA) is 132 Å². The molecule has 3 fully saturated rings. The molecule has 5 aromatic rings. The molecule has 15 heteroatoms. The first-order chi connectivity index (χ1) is 28.6. The van der Waals surface area contributed by atoms with Crippen LogP contribution in [-0.4, -0.2) is 124 Å². The molecule has 0 radical (unpaired) electrons. The Bertz CT molecular complexity index is 2380. The van der Waals surface area contributed by atoms with E-state index in [1.807, 2.05) is 12.1 Å².